The van der Waals surface area contributed by atoms with Crippen LogP contribution in [0.3, 0.4) is 0 Å². The van der Waals surface area contributed by atoms with E-state index in [1.54, 1.807) is 7.11 Å². The average molecular weight is 233 g/mol. The van der Waals surface area contributed by atoms with Gasteiger partial charge in [-0.1, -0.05) is 31.0 Å². The lowest BCUT2D eigenvalue weighted by atomic mass is 9.82. The lowest BCUT2D eigenvalue weighted by Gasteiger charge is -2.29. The van der Waals surface area contributed by atoms with Crippen molar-refractivity contribution in [2.75, 3.05) is 14.2 Å². The van der Waals surface area contributed by atoms with Crippen LogP contribution < -0.4 is 10.1 Å². The third kappa shape index (κ3) is 3.22. The molecule has 17 heavy (non-hydrogen) atoms. The van der Waals surface area contributed by atoms with E-state index in [0.29, 0.717) is 6.04 Å². The first-order chi connectivity index (χ1) is 8.33. The monoisotopic (exact) mass is 233 g/mol. The van der Waals surface area contributed by atoms with Crippen LogP contribution in [-0.4, -0.2) is 20.2 Å². The zero-order valence-electron chi connectivity index (χ0n) is 10.9. The number of para-hydroxylation sites is 1. The number of rotatable bonds is 4. The second-order valence-corrected chi connectivity index (χ2v) is 5.03. The summed E-state index contributed by atoms with van der Waals surface area (Å²) in [5.41, 5.74) is 1.36. The second kappa shape index (κ2) is 6.06. The van der Waals surface area contributed by atoms with Crippen molar-refractivity contribution in [2.45, 2.75) is 38.1 Å². The van der Waals surface area contributed by atoms with E-state index in [2.05, 4.69) is 30.6 Å². The van der Waals surface area contributed by atoms with Crippen LogP contribution in [0.4, 0.5) is 0 Å². The van der Waals surface area contributed by atoms with Crippen molar-refractivity contribution in [1.29, 1.82) is 0 Å². The molecule has 1 N–H and O–H groups in total. The largest absolute Gasteiger partial charge is 0.496 e. The zero-order chi connectivity index (χ0) is 12.1. The van der Waals surface area contributed by atoms with Gasteiger partial charge in [-0.05, 0) is 43.9 Å². The molecule has 2 rings (SSSR count). The van der Waals surface area contributed by atoms with Crippen LogP contribution in [0.15, 0.2) is 24.3 Å². The first kappa shape index (κ1) is 12.4. The summed E-state index contributed by atoms with van der Waals surface area (Å²) < 4.78 is 5.42. The molecular formula is C15H23NO. The quantitative estimate of drug-likeness (QED) is 0.863. The van der Waals surface area contributed by atoms with Crippen molar-refractivity contribution >= 4 is 0 Å². The number of nitrogens with one attached hydrogen (secondary N) is 1. The first-order valence-corrected chi connectivity index (χ1v) is 6.62. The van der Waals surface area contributed by atoms with Gasteiger partial charge in [0.2, 0.25) is 0 Å². The Kier molecular flexibility index (Phi) is 4.43. The molecule has 1 aliphatic carbocycles. The van der Waals surface area contributed by atoms with Crippen molar-refractivity contribution in [3.8, 4) is 5.75 Å². The maximum atomic E-state index is 5.42. The van der Waals surface area contributed by atoms with Gasteiger partial charge in [0.15, 0.2) is 0 Å². The van der Waals surface area contributed by atoms with Crippen molar-refractivity contribution < 1.29 is 4.74 Å². The SMILES string of the molecule is CNC1CCCC(Cc2ccccc2OC)C1. The molecule has 1 saturated carbocycles. The van der Waals surface area contributed by atoms with Crippen molar-refractivity contribution in [3.05, 3.63) is 29.8 Å². The van der Waals surface area contributed by atoms with Crippen LogP contribution in [0.1, 0.15) is 31.2 Å². The molecule has 2 nitrogen and oxygen atoms in total. The molecule has 0 heterocycles. The van der Waals surface area contributed by atoms with E-state index in [9.17, 15) is 0 Å². The first-order valence-electron chi connectivity index (χ1n) is 6.62. The van der Waals surface area contributed by atoms with Gasteiger partial charge in [-0.3, -0.25) is 0 Å². The topological polar surface area (TPSA) is 21.3 Å². The predicted molar refractivity (Wildman–Crippen MR) is 71.5 cm³/mol. The molecule has 0 aliphatic heterocycles. The van der Waals surface area contributed by atoms with Gasteiger partial charge in [0.1, 0.15) is 5.75 Å². The smallest absolute Gasteiger partial charge is 0.122 e. The van der Waals surface area contributed by atoms with Gasteiger partial charge in [-0.2, -0.15) is 0 Å². The normalized spacial score (nSPS) is 24.6. The highest BCUT2D eigenvalue weighted by atomic mass is 16.5. The molecule has 0 aromatic heterocycles. The minimum absolute atomic E-state index is 0.712. The minimum Gasteiger partial charge on any atom is -0.496 e. The Hall–Kier alpha value is -1.02. The van der Waals surface area contributed by atoms with Crippen LogP contribution in [0.2, 0.25) is 0 Å². The molecule has 0 bridgehead atoms. The Bertz CT molecular complexity index is 351. The molecule has 2 unspecified atom stereocenters. The third-order valence-electron chi connectivity index (χ3n) is 3.89. The molecule has 1 aromatic rings. The van der Waals surface area contributed by atoms with Crippen molar-refractivity contribution in [1.82, 2.24) is 5.32 Å². The summed E-state index contributed by atoms with van der Waals surface area (Å²) in [4.78, 5) is 0. The van der Waals surface area contributed by atoms with E-state index >= 15 is 0 Å². The third-order valence-corrected chi connectivity index (χ3v) is 3.89. The maximum absolute atomic E-state index is 5.42. The lowest BCUT2D eigenvalue weighted by molar-refractivity contribution is 0.291. The van der Waals surface area contributed by atoms with Crippen LogP contribution >= 0.6 is 0 Å². The van der Waals surface area contributed by atoms with Crippen molar-refractivity contribution in [3.63, 3.8) is 0 Å². The molecule has 1 fully saturated rings. The summed E-state index contributed by atoms with van der Waals surface area (Å²) in [7, 11) is 3.84. The second-order valence-electron chi connectivity index (χ2n) is 5.03. The molecule has 1 aliphatic rings. The Labute approximate surface area is 104 Å². The Morgan fingerprint density at radius 1 is 1.29 bits per heavy atom. The Morgan fingerprint density at radius 3 is 2.88 bits per heavy atom. The van der Waals surface area contributed by atoms with Gasteiger partial charge >= 0.3 is 0 Å². The molecule has 0 amide bonds. The summed E-state index contributed by atoms with van der Waals surface area (Å²) in [5, 5.41) is 3.42. The number of hydrogen-bond donors (Lipinski definition) is 1. The van der Waals surface area contributed by atoms with E-state index in [0.717, 1.165) is 18.1 Å². The highest BCUT2D eigenvalue weighted by Gasteiger charge is 2.21. The van der Waals surface area contributed by atoms with Crippen LogP contribution in [-0.2, 0) is 6.42 Å². The standard InChI is InChI=1S/C15H23NO/c1-16-14-8-5-6-12(11-14)10-13-7-3-4-9-15(13)17-2/h3-4,7,9,12,14,16H,5-6,8,10-11H2,1-2H3. The fourth-order valence-corrected chi connectivity index (χ4v) is 2.92. The Balaban J connectivity index is 2.00. The molecule has 2 heteroatoms. The van der Waals surface area contributed by atoms with Gasteiger partial charge in [0.25, 0.3) is 0 Å². The summed E-state index contributed by atoms with van der Waals surface area (Å²) in [6.07, 6.45) is 6.50. The molecule has 0 saturated heterocycles. The molecule has 0 spiro atoms. The average Bonchev–Trinajstić information content (AvgIpc) is 2.39. The summed E-state index contributed by atoms with van der Waals surface area (Å²) in [6, 6.07) is 9.12. The van der Waals surface area contributed by atoms with Gasteiger partial charge in [0.05, 0.1) is 7.11 Å². The highest BCUT2D eigenvalue weighted by molar-refractivity contribution is 5.33. The molecule has 0 radical (unpaired) electrons. The lowest BCUT2D eigenvalue weighted by Crippen LogP contribution is -2.31. The van der Waals surface area contributed by atoms with Crippen LogP contribution in [0.5, 0.6) is 5.75 Å². The molecule has 2 atom stereocenters. The van der Waals surface area contributed by atoms with Crippen molar-refractivity contribution in [2.24, 2.45) is 5.92 Å². The number of benzene rings is 1. The molecule has 1 aromatic carbocycles. The van der Waals surface area contributed by atoms with E-state index in [-0.39, 0.29) is 0 Å². The fraction of sp³-hybridized carbons (Fsp3) is 0.600. The van der Waals surface area contributed by atoms with Gasteiger partial charge in [-0.25, -0.2) is 0 Å². The zero-order valence-corrected chi connectivity index (χ0v) is 10.9. The number of methoxy groups -OCH3 is 1. The predicted octanol–water partition coefficient (Wildman–Crippen LogP) is 3.02. The van der Waals surface area contributed by atoms with Crippen LogP contribution in [0.25, 0.3) is 0 Å². The number of hydrogen-bond acceptors (Lipinski definition) is 2. The summed E-state index contributed by atoms with van der Waals surface area (Å²) >= 11 is 0. The van der Waals surface area contributed by atoms with E-state index in [4.69, 9.17) is 4.74 Å². The molecule has 94 valence electrons. The van der Waals surface area contributed by atoms with E-state index in [1.165, 1.54) is 31.2 Å². The highest BCUT2D eigenvalue weighted by Crippen LogP contribution is 2.30. The van der Waals surface area contributed by atoms with E-state index < -0.39 is 0 Å². The van der Waals surface area contributed by atoms with Gasteiger partial charge in [-0.15, -0.1) is 0 Å². The summed E-state index contributed by atoms with van der Waals surface area (Å²) in [5.74, 6) is 1.84. The maximum Gasteiger partial charge on any atom is 0.122 e. The fourth-order valence-electron chi connectivity index (χ4n) is 2.92. The van der Waals surface area contributed by atoms with Gasteiger partial charge < -0.3 is 10.1 Å². The summed E-state index contributed by atoms with van der Waals surface area (Å²) in [6.45, 7) is 0. The van der Waals surface area contributed by atoms with Gasteiger partial charge in [0, 0.05) is 6.04 Å². The van der Waals surface area contributed by atoms with Crippen LogP contribution in [0, 0.1) is 5.92 Å². The number of ether oxygens (including phenoxy) is 1. The van der Waals surface area contributed by atoms with E-state index in [1.807, 2.05) is 6.07 Å². The Morgan fingerprint density at radius 2 is 2.12 bits per heavy atom. The molecular weight excluding hydrogens is 210 g/mol. The minimum atomic E-state index is 0.712.